The smallest absolute Gasteiger partial charge is 0.157 e. The second kappa shape index (κ2) is 3.86. The summed E-state index contributed by atoms with van der Waals surface area (Å²) < 4.78 is 1.80. The molecule has 2 rings (SSSR count). The zero-order valence-electron chi connectivity index (χ0n) is 8.99. The van der Waals surface area contributed by atoms with E-state index in [1.165, 1.54) is 0 Å². The van der Waals surface area contributed by atoms with Gasteiger partial charge in [-0.25, -0.2) is 4.98 Å². The lowest BCUT2D eigenvalue weighted by molar-refractivity contribution is 0.894. The SMILES string of the molecule is Cc1cc(NCCN)n2nc(C)cc2n1. The number of rotatable bonds is 3. The molecule has 5 nitrogen and oxygen atoms in total. The summed E-state index contributed by atoms with van der Waals surface area (Å²) in [5.41, 5.74) is 8.26. The fourth-order valence-electron chi connectivity index (χ4n) is 1.54. The van der Waals surface area contributed by atoms with Crippen LogP contribution in [0.5, 0.6) is 0 Å². The van der Waals surface area contributed by atoms with Gasteiger partial charge < -0.3 is 11.1 Å². The van der Waals surface area contributed by atoms with Crippen molar-refractivity contribution in [1.29, 1.82) is 0 Å². The van der Waals surface area contributed by atoms with Gasteiger partial charge >= 0.3 is 0 Å². The zero-order chi connectivity index (χ0) is 10.8. The van der Waals surface area contributed by atoms with Crippen LogP contribution in [0, 0.1) is 13.8 Å². The lowest BCUT2D eigenvalue weighted by Gasteiger charge is -2.07. The topological polar surface area (TPSA) is 68.2 Å². The van der Waals surface area contributed by atoms with E-state index in [0.717, 1.165) is 29.4 Å². The van der Waals surface area contributed by atoms with Crippen LogP contribution >= 0.6 is 0 Å². The number of hydrogen-bond acceptors (Lipinski definition) is 4. The molecule has 3 N–H and O–H groups in total. The molecule has 0 aliphatic rings. The van der Waals surface area contributed by atoms with Crippen LogP contribution in [0.4, 0.5) is 5.82 Å². The third-order valence-electron chi connectivity index (χ3n) is 2.13. The van der Waals surface area contributed by atoms with E-state index in [2.05, 4.69) is 15.4 Å². The molecule has 0 aliphatic heterocycles. The quantitative estimate of drug-likeness (QED) is 0.774. The monoisotopic (exact) mass is 205 g/mol. The number of aryl methyl sites for hydroxylation is 2. The van der Waals surface area contributed by atoms with E-state index in [1.54, 1.807) is 4.52 Å². The molecule has 0 aliphatic carbocycles. The van der Waals surface area contributed by atoms with Gasteiger partial charge in [0.1, 0.15) is 5.82 Å². The molecule has 2 aromatic heterocycles. The summed E-state index contributed by atoms with van der Waals surface area (Å²) in [6, 6.07) is 3.93. The van der Waals surface area contributed by atoms with Crippen LogP contribution in [0.3, 0.4) is 0 Å². The third kappa shape index (κ3) is 1.92. The number of nitrogens with two attached hydrogens (primary N) is 1. The molecule has 0 radical (unpaired) electrons. The van der Waals surface area contributed by atoms with Crippen LogP contribution in [0.2, 0.25) is 0 Å². The first-order valence-corrected chi connectivity index (χ1v) is 4.98. The van der Waals surface area contributed by atoms with Crippen molar-refractivity contribution >= 4 is 11.5 Å². The molecule has 2 heterocycles. The Morgan fingerprint density at radius 3 is 2.87 bits per heavy atom. The van der Waals surface area contributed by atoms with Crippen LogP contribution in [-0.4, -0.2) is 27.7 Å². The van der Waals surface area contributed by atoms with Crippen molar-refractivity contribution < 1.29 is 0 Å². The number of aromatic nitrogens is 3. The summed E-state index contributed by atoms with van der Waals surface area (Å²) in [6.45, 7) is 5.26. The summed E-state index contributed by atoms with van der Waals surface area (Å²) in [5, 5.41) is 7.58. The highest BCUT2D eigenvalue weighted by molar-refractivity contribution is 5.50. The predicted octanol–water partition coefficient (Wildman–Crippen LogP) is 0.717. The Hall–Kier alpha value is -1.62. The minimum absolute atomic E-state index is 0.600. The van der Waals surface area contributed by atoms with Gasteiger partial charge in [-0.2, -0.15) is 9.61 Å². The van der Waals surface area contributed by atoms with Gasteiger partial charge in [0, 0.05) is 30.9 Å². The van der Waals surface area contributed by atoms with Crippen LogP contribution in [0.25, 0.3) is 5.65 Å². The Balaban J connectivity index is 2.50. The van der Waals surface area contributed by atoms with Gasteiger partial charge in [-0.3, -0.25) is 0 Å². The minimum Gasteiger partial charge on any atom is -0.369 e. The lowest BCUT2D eigenvalue weighted by atomic mass is 10.4. The van der Waals surface area contributed by atoms with Gasteiger partial charge in [-0.15, -0.1) is 0 Å². The maximum atomic E-state index is 5.46. The van der Waals surface area contributed by atoms with E-state index >= 15 is 0 Å². The Bertz CT molecular complexity index is 474. The van der Waals surface area contributed by atoms with Crippen molar-refractivity contribution in [2.45, 2.75) is 13.8 Å². The molecule has 0 unspecified atom stereocenters. The molecule has 0 saturated heterocycles. The van der Waals surface area contributed by atoms with Gasteiger partial charge in [-0.05, 0) is 13.8 Å². The third-order valence-corrected chi connectivity index (χ3v) is 2.13. The number of hydrogen-bond donors (Lipinski definition) is 2. The first-order valence-electron chi connectivity index (χ1n) is 4.98. The fraction of sp³-hybridized carbons (Fsp3) is 0.400. The largest absolute Gasteiger partial charge is 0.369 e. The molecule has 0 spiro atoms. The normalized spacial score (nSPS) is 10.9. The van der Waals surface area contributed by atoms with E-state index in [4.69, 9.17) is 5.73 Å². The summed E-state index contributed by atoms with van der Waals surface area (Å²) in [5.74, 6) is 0.941. The van der Waals surface area contributed by atoms with Crippen molar-refractivity contribution in [2.75, 3.05) is 18.4 Å². The van der Waals surface area contributed by atoms with Gasteiger partial charge in [0.25, 0.3) is 0 Å². The molecular weight excluding hydrogens is 190 g/mol. The lowest BCUT2D eigenvalue weighted by Crippen LogP contribution is -2.15. The first kappa shape index (κ1) is 9.92. The number of fused-ring (bicyclic) bond motifs is 1. The van der Waals surface area contributed by atoms with Crippen molar-refractivity contribution in [2.24, 2.45) is 5.73 Å². The summed E-state index contributed by atoms with van der Waals surface area (Å²) in [4.78, 5) is 4.39. The van der Waals surface area contributed by atoms with E-state index in [9.17, 15) is 0 Å². The van der Waals surface area contributed by atoms with Gasteiger partial charge in [0.2, 0.25) is 0 Å². The maximum Gasteiger partial charge on any atom is 0.157 e. The molecule has 15 heavy (non-hydrogen) atoms. The van der Waals surface area contributed by atoms with Crippen molar-refractivity contribution in [3.05, 3.63) is 23.5 Å². The van der Waals surface area contributed by atoms with Crippen molar-refractivity contribution in [3.8, 4) is 0 Å². The standard InChI is InChI=1S/C10H15N5/c1-7-5-9(12-4-3-11)15-10(13-7)6-8(2)14-15/h5-6,12H,3-4,11H2,1-2H3. The van der Waals surface area contributed by atoms with Gasteiger partial charge in [-0.1, -0.05) is 0 Å². The Morgan fingerprint density at radius 1 is 1.33 bits per heavy atom. The number of nitrogens with zero attached hydrogens (tertiary/aromatic N) is 3. The summed E-state index contributed by atoms with van der Waals surface area (Å²) >= 11 is 0. The second-order valence-corrected chi connectivity index (χ2v) is 3.55. The van der Waals surface area contributed by atoms with E-state index in [-0.39, 0.29) is 0 Å². The molecule has 0 fully saturated rings. The predicted molar refractivity (Wildman–Crippen MR) is 60.0 cm³/mol. The van der Waals surface area contributed by atoms with Gasteiger partial charge in [0.15, 0.2) is 5.65 Å². The summed E-state index contributed by atoms with van der Waals surface area (Å²) in [7, 11) is 0. The highest BCUT2D eigenvalue weighted by Gasteiger charge is 2.05. The molecular formula is C10H15N5. The fourth-order valence-corrected chi connectivity index (χ4v) is 1.54. The molecule has 0 bridgehead atoms. The van der Waals surface area contributed by atoms with Gasteiger partial charge in [0.05, 0.1) is 5.69 Å². The zero-order valence-corrected chi connectivity index (χ0v) is 8.99. The van der Waals surface area contributed by atoms with E-state index in [0.29, 0.717) is 6.54 Å². The Labute approximate surface area is 88.3 Å². The van der Waals surface area contributed by atoms with E-state index in [1.807, 2.05) is 26.0 Å². The van der Waals surface area contributed by atoms with Crippen LogP contribution < -0.4 is 11.1 Å². The van der Waals surface area contributed by atoms with Crippen LogP contribution in [0.15, 0.2) is 12.1 Å². The molecule has 2 aromatic rings. The van der Waals surface area contributed by atoms with E-state index < -0.39 is 0 Å². The number of nitrogens with one attached hydrogen (secondary N) is 1. The van der Waals surface area contributed by atoms with Crippen molar-refractivity contribution in [3.63, 3.8) is 0 Å². The maximum absolute atomic E-state index is 5.46. The Morgan fingerprint density at radius 2 is 2.13 bits per heavy atom. The average Bonchev–Trinajstić information content (AvgIpc) is 2.54. The highest BCUT2D eigenvalue weighted by atomic mass is 15.3. The molecule has 0 atom stereocenters. The van der Waals surface area contributed by atoms with Crippen molar-refractivity contribution in [1.82, 2.24) is 14.6 Å². The molecule has 5 heteroatoms. The molecule has 0 aromatic carbocycles. The average molecular weight is 205 g/mol. The van der Waals surface area contributed by atoms with Crippen LogP contribution in [0.1, 0.15) is 11.4 Å². The Kier molecular flexibility index (Phi) is 2.55. The molecule has 80 valence electrons. The number of anilines is 1. The molecule has 0 amide bonds. The molecule has 0 saturated carbocycles. The highest BCUT2D eigenvalue weighted by Crippen LogP contribution is 2.12. The summed E-state index contributed by atoms with van der Waals surface area (Å²) in [6.07, 6.45) is 0. The minimum atomic E-state index is 0.600. The second-order valence-electron chi connectivity index (χ2n) is 3.55. The first-order chi connectivity index (χ1) is 7.20. The van der Waals surface area contributed by atoms with Crippen LogP contribution in [-0.2, 0) is 0 Å².